The van der Waals surface area contributed by atoms with Crippen molar-refractivity contribution in [3.05, 3.63) is 18.0 Å². The molecule has 3 nitrogen and oxygen atoms in total. The first-order chi connectivity index (χ1) is 7.89. The van der Waals surface area contributed by atoms with Crippen molar-refractivity contribution in [2.75, 3.05) is 13.1 Å². The quantitative estimate of drug-likeness (QED) is 0.785. The van der Waals surface area contributed by atoms with Crippen LogP contribution in [0, 0.1) is 5.92 Å². The maximum absolute atomic E-state index is 12.3. The lowest BCUT2D eigenvalue weighted by atomic mass is 10.1. The molecule has 0 saturated heterocycles. The second-order valence-corrected chi connectivity index (χ2v) is 4.42. The monoisotopic (exact) mass is 249 g/mol. The van der Waals surface area contributed by atoms with Crippen LogP contribution in [0.15, 0.2) is 12.4 Å². The standard InChI is InChI=1S/C11H18F3N3/c1-9(2)3-4-15-5-6-17-8-10(7-16-17)11(12,13)14/h7-9,15H,3-6H2,1-2H3. The summed E-state index contributed by atoms with van der Waals surface area (Å²) in [4.78, 5) is 0. The zero-order valence-electron chi connectivity index (χ0n) is 10.1. The topological polar surface area (TPSA) is 29.9 Å². The van der Waals surface area contributed by atoms with Crippen molar-refractivity contribution in [1.29, 1.82) is 0 Å². The molecule has 1 N–H and O–H groups in total. The van der Waals surface area contributed by atoms with Crippen LogP contribution < -0.4 is 5.32 Å². The van der Waals surface area contributed by atoms with Crippen molar-refractivity contribution < 1.29 is 13.2 Å². The first-order valence-corrected chi connectivity index (χ1v) is 5.70. The molecule has 17 heavy (non-hydrogen) atoms. The predicted octanol–water partition coefficient (Wildman–Crippen LogP) is 2.54. The number of alkyl halides is 3. The zero-order chi connectivity index (χ0) is 12.9. The van der Waals surface area contributed by atoms with Crippen LogP contribution >= 0.6 is 0 Å². The fourth-order valence-electron chi connectivity index (χ4n) is 1.34. The highest BCUT2D eigenvalue weighted by Crippen LogP contribution is 2.28. The van der Waals surface area contributed by atoms with Gasteiger partial charge in [0.15, 0.2) is 0 Å². The Balaban J connectivity index is 2.26. The number of aromatic nitrogens is 2. The highest BCUT2D eigenvalue weighted by atomic mass is 19.4. The van der Waals surface area contributed by atoms with Crippen molar-refractivity contribution in [2.24, 2.45) is 5.92 Å². The molecule has 0 unspecified atom stereocenters. The van der Waals surface area contributed by atoms with E-state index in [1.807, 2.05) is 0 Å². The lowest BCUT2D eigenvalue weighted by molar-refractivity contribution is -0.137. The minimum Gasteiger partial charge on any atom is -0.315 e. The molecule has 6 heteroatoms. The van der Waals surface area contributed by atoms with E-state index < -0.39 is 11.7 Å². The van der Waals surface area contributed by atoms with E-state index in [0.717, 1.165) is 25.4 Å². The van der Waals surface area contributed by atoms with E-state index in [1.54, 1.807) is 0 Å². The van der Waals surface area contributed by atoms with E-state index in [0.29, 0.717) is 19.0 Å². The molecule has 0 fully saturated rings. The second-order valence-electron chi connectivity index (χ2n) is 4.42. The average molecular weight is 249 g/mol. The Morgan fingerprint density at radius 3 is 2.59 bits per heavy atom. The number of hydrogen-bond donors (Lipinski definition) is 1. The lowest BCUT2D eigenvalue weighted by Crippen LogP contribution is -2.22. The van der Waals surface area contributed by atoms with Gasteiger partial charge in [-0.05, 0) is 18.9 Å². The molecule has 1 heterocycles. The maximum atomic E-state index is 12.3. The number of nitrogens with zero attached hydrogens (tertiary/aromatic N) is 2. The molecule has 1 aromatic rings. The van der Waals surface area contributed by atoms with Crippen molar-refractivity contribution >= 4 is 0 Å². The largest absolute Gasteiger partial charge is 0.419 e. The van der Waals surface area contributed by atoms with Gasteiger partial charge in [-0.2, -0.15) is 18.3 Å². The van der Waals surface area contributed by atoms with Crippen LogP contribution in [0.4, 0.5) is 13.2 Å². The van der Waals surface area contributed by atoms with E-state index in [2.05, 4.69) is 24.3 Å². The molecule has 0 radical (unpaired) electrons. The number of rotatable bonds is 6. The van der Waals surface area contributed by atoms with Crippen LogP contribution in [-0.2, 0) is 12.7 Å². The smallest absolute Gasteiger partial charge is 0.315 e. The van der Waals surface area contributed by atoms with Gasteiger partial charge in [-0.3, -0.25) is 4.68 Å². The lowest BCUT2D eigenvalue weighted by Gasteiger charge is -2.06. The maximum Gasteiger partial charge on any atom is 0.419 e. The van der Waals surface area contributed by atoms with E-state index in [9.17, 15) is 13.2 Å². The van der Waals surface area contributed by atoms with Gasteiger partial charge in [-0.15, -0.1) is 0 Å². The molecule has 0 saturated carbocycles. The first kappa shape index (κ1) is 14.0. The summed E-state index contributed by atoms with van der Waals surface area (Å²) >= 11 is 0. The molecular weight excluding hydrogens is 231 g/mol. The third kappa shape index (κ3) is 5.21. The van der Waals surface area contributed by atoms with Crippen molar-refractivity contribution in [3.63, 3.8) is 0 Å². The zero-order valence-corrected chi connectivity index (χ0v) is 10.1. The summed E-state index contributed by atoms with van der Waals surface area (Å²) in [5, 5.41) is 6.84. The van der Waals surface area contributed by atoms with Gasteiger partial charge in [0.2, 0.25) is 0 Å². The van der Waals surface area contributed by atoms with E-state index in [1.165, 1.54) is 4.68 Å². The van der Waals surface area contributed by atoms with Gasteiger partial charge in [0.05, 0.1) is 18.3 Å². The van der Waals surface area contributed by atoms with E-state index >= 15 is 0 Å². The second kappa shape index (κ2) is 6.05. The first-order valence-electron chi connectivity index (χ1n) is 5.70. The summed E-state index contributed by atoms with van der Waals surface area (Å²) in [6.45, 7) is 6.22. The normalized spacial score (nSPS) is 12.4. The summed E-state index contributed by atoms with van der Waals surface area (Å²) in [6.07, 6.45) is -1.35. The van der Waals surface area contributed by atoms with E-state index in [4.69, 9.17) is 0 Å². The molecule has 0 aliphatic rings. The molecule has 0 aromatic carbocycles. The van der Waals surface area contributed by atoms with Crippen molar-refractivity contribution in [3.8, 4) is 0 Å². The average Bonchev–Trinajstić information content (AvgIpc) is 2.64. The molecule has 1 aromatic heterocycles. The Morgan fingerprint density at radius 1 is 1.35 bits per heavy atom. The van der Waals surface area contributed by atoms with Crippen LogP contribution in [0.5, 0.6) is 0 Å². The highest BCUT2D eigenvalue weighted by molar-refractivity contribution is 5.08. The Morgan fingerprint density at radius 2 is 2.06 bits per heavy atom. The minimum atomic E-state index is -4.30. The molecule has 98 valence electrons. The van der Waals surface area contributed by atoms with Crippen molar-refractivity contribution in [2.45, 2.75) is 33.0 Å². The van der Waals surface area contributed by atoms with Crippen LogP contribution in [0.25, 0.3) is 0 Å². The Labute approximate surface area is 99.0 Å². The van der Waals surface area contributed by atoms with Gasteiger partial charge in [-0.25, -0.2) is 0 Å². The minimum absolute atomic E-state index is 0.453. The summed E-state index contributed by atoms with van der Waals surface area (Å²) in [5.74, 6) is 0.629. The molecule has 0 bridgehead atoms. The van der Waals surface area contributed by atoms with Crippen LogP contribution in [0.2, 0.25) is 0 Å². The summed E-state index contributed by atoms with van der Waals surface area (Å²) in [7, 11) is 0. The fraction of sp³-hybridized carbons (Fsp3) is 0.727. The number of halogens is 3. The Hall–Kier alpha value is -1.04. The molecule has 0 aliphatic heterocycles. The predicted molar refractivity (Wildman–Crippen MR) is 59.6 cm³/mol. The summed E-state index contributed by atoms with van der Waals surface area (Å²) in [5.41, 5.74) is -0.695. The molecule has 0 amide bonds. The number of hydrogen-bond acceptors (Lipinski definition) is 2. The van der Waals surface area contributed by atoms with Gasteiger partial charge in [0.25, 0.3) is 0 Å². The summed E-state index contributed by atoms with van der Waals surface area (Å²) in [6, 6.07) is 0. The Kier molecular flexibility index (Phi) is 4.99. The fourth-order valence-corrected chi connectivity index (χ4v) is 1.34. The molecule has 1 rings (SSSR count). The molecule has 0 atom stereocenters. The third-order valence-electron chi connectivity index (χ3n) is 2.38. The van der Waals surface area contributed by atoms with Crippen LogP contribution in [0.1, 0.15) is 25.8 Å². The van der Waals surface area contributed by atoms with Crippen LogP contribution in [0.3, 0.4) is 0 Å². The third-order valence-corrected chi connectivity index (χ3v) is 2.38. The van der Waals surface area contributed by atoms with Gasteiger partial charge >= 0.3 is 6.18 Å². The molecule has 0 spiro atoms. The number of nitrogens with one attached hydrogen (secondary N) is 1. The molecular formula is C11H18F3N3. The van der Waals surface area contributed by atoms with Gasteiger partial charge in [0.1, 0.15) is 0 Å². The highest BCUT2D eigenvalue weighted by Gasteiger charge is 2.31. The van der Waals surface area contributed by atoms with Gasteiger partial charge < -0.3 is 5.32 Å². The van der Waals surface area contributed by atoms with Crippen molar-refractivity contribution in [1.82, 2.24) is 15.1 Å². The van der Waals surface area contributed by atoms with Crippen LogP contribution in [-0.4, -0.2) is 22.9 Å². The van der Waals surface area contributed by atoms with Gasteiger partial charge in [-0.1, -0.05) is 13.8 Å². The van der Waals surface area contributed by atoms with E-state index in [-0.39, 0.29) is 0 Å². The SMILES string of the molecule is CC(C)CCNCCn1cc(C(F)(F)F)cn1. The summed E-state index contributed by atoms with van der Waals surface area (Å²) < 4.78 is 38.1. The van der Waals surface area contributed by atoms with Gasteiger partial charge in [0, 0.05) is 12.7 Å². The Bertz CT molecular complexity index is 331. The molecule has 0 aliphatic carbocycles.